The van der Waals surface area contributed by atoms with Gasteiger partial charge in [0.2, 0.25) is 0 Å². The number of imidazole rings is 1. The van der Waals surface area contributed by atoms with Crippen molar-refractivity contribution in [2.24, 2.45) is 0 Å². The Morgan fingerprint density at radius 1 is 1.28 bits per heavy atom. The van der Waals surface area contributed by atoms with Crippen LogP contribution in [0.15, 0.2) is 42.8 Å². The molecule has 3 aromatic rings. The molecule has 2 bridgehead atoms. The zero-order valence-electron chi connectivity index (χ0n) is 16.3. The summed E-state index contributed by atoms with van der Waals surface area (Å²) in [6.07, 6.45) is 16.2. The molecule has 2 aliphatic heterocycles. The maximum atomic E-state index is 10.4. The molecule has 0 aromatic carbocycles. The van der Waals surface area contributed by atoms with Gasteiger partial charge in [-0.2, -0.15) is 0 Å². The molecule has 8 heteroatoms. The van der Waals surface area contributed by atoms with Gasteiger partial charge in [-0.25, -0.2) is 15.0 Å². The van der Waals surface area contributed by atoms with E-state index in [-0.39, 0.29) is 11.3 Å². The lowest BCUT2D eigenvalue weighted by atomic mass is 9.75. The first-order chi connectivity index (χ1) is 14.1. The van der Waals surface area contributed by atoms with Crippen molar-refractivity contribution >= 4 is 6.08 Å². The summed E-state index contributed by atoms with van der Waals surface area (Å²) < 4.78 is 1.72. The standard InChI is InChI=1S/C21H23N7O/c1-21-4-2-3-15(25-21)7-14(10-21)8-16-11-24-20(27-26-16)17-12-23-19(9-18(17)29)28-6-5-22-13-28/h5-6,8-9,11-13,15,25H,2-4,7,10H2,1H3,(H,23,29)/b14-8+/t15-,21+/m1/s1. The van der Waals surface area contributed by atoms with Crippen LogP contribution < -0.4 is 5.32 Å². The van der Waals surface area contributed by atoms with E-state index in [4.69, 9.17) is 0 Å². The lowest BCUT2D eigenvalue weighted by Crippen LogP contribution is -2.55. The summed E-state index contributed by atoms with van der Waals surface area (Å²) in [5.41, 5.74) is 2.79. The Morgan fingerprint density at radius 3 is 2.93 bits per heavy atom. The van der Waals surface area contributed by atoms with E-state index in [9.17, 15) is 5.11 Å². The summed E-state index contributed by atoms with van der Waals surface area (Å²) in [6, 6.07) is 2.12. The zero-order valence-corrected chi connectivity index (χ0v) is 16.3. The second-order valence-corrected chi connectivity index (χ2v) is 8.21. The van der Waals surface area contributed by atoms with Crippen LogP contribution in [-0.2, 0) is 0 Å². The monoisotopic (exact) mass is 389 g/mol. The number of nitrogens with zero attached hydrogens (tertiary/aromatic N) is 6. The molecule has 2 aliphatic rings. The van der Waals surface area contributed by atoms with Gasteiger partial charge in [-0.1, -0.05) is 12.0 Å². The maximum absolute atomic E-state index is 10.4. The van der Waals surface area contributed by atoms with Crippen LogP contribution in [0.25, 0.3) is 23.3 Å². The highest BCUT2D eigenvalue weighted by Crippen LogP contribution is 2.37. The lowest BCUT2D eigenvalue weighted by molar-refractivity contribution is 0.192. The van der Waals surface area contributed by atoms with Crippen molar-refractivity contribution in [3.05, 3.63) is 48.4 Å². The van der Waals surface area contributed by atoms with E-state index < -0.39 is 0 Å². The van der Waals surface area contributed by atoms with Crippen molar-refractivity contribution < 1.29 is 5.11 Å². The molecule has 2 N–H and O–H groups in total. The van der Waals surface area contributed by atoms with Crippen molar-refractivity contribution in [3.63, 3.8) is 0 Å². The molecule has 0 saturated carbocycles. The number of fused-ring (bicyclic) bond motifs is 2. The predicted molar refractivity (Wildman–Crippen MR) is 108 cm³/mol. The average molecular weight is 389 g/mol. The third kappa shape index (κ3) is 3.63. The molecule has 5 heterocycles. The van der Waals surface area contributed by atoms with Gasteiger partial charge in [0.05, 0.1) is 11.8 Å². The quantitative estimate of drug-likeness (QED) is 0.710. The van der Waals surface area contributed by atoms with Gasteiger partial charge in [0.1, 0.15) is 23.6 Å². The summed E-state index contributed by atoms with van der Waals surface area (Å²) in [7, 11) is 0. The largest absolute Gasteiger partial charge is 0.507 e. The highest BCUT2D eigenvalue weighted by Gasteiger charge is 2.36. The van der Waals surface area contributed by atoms with Gasteiger partial charge in [0.25, 0.3) is 0 Å². The Hall–Kier alpha value is -3.13. The number of aromatic nitrogens is 6. The minimum Gasteiger partial charge on any atom is -0.507 e. The smallest absolute Gasteiger partial charge is 0.187 e. The molecule has 0 aliphatic carbocycles. The van der Waals surface area contributed by atoms with Crippen LogP contribution in [0.1, 0.15) is 44.7 Å². The second-order valence-electron chi connectivity index (χ2n) is 8.21. The first-order valence-electron chi connectivity index (χ1n) is 9.93. The van der Waals surface area contributed by atoms with Gasteiger partial charge < -0.3 is 10.4 Å². The molecule has 2 saturated heterocycles. The summed E-state index contributed by atoms with van der Waals surface area (Å²) >= 11 is 0. The van der Waals surface area contributed by atoms with Crippen LogP contribution in [0.3, 0.4) is 0 Å². The number of nitrogens with one attached hydrogen (secondary N) is 1. The first kappa shape index (κ1) is 17.9. The fraction of sp³-hybridized carbons (Fsp3) is 0.381. The number of hydrogen-bond acceptors (Lipinski definition) is 7. The SMILES string of the molecule is C[C@]12CCC[C@H](C/C(=C\c3cnc(-c4cnc(-n5ccnc5)cc4O)nn3)C1)N2. The van der Waals surface area contributed by atoms with E-state index in [2.05, 4.69) is 43.5 Å². The van der Waals surface area contributed by atoms with Crippen LogP contribution in [-0.4, -0.2) is 46.4 Å². The minimum atomic E-state index is 0.0516. The molecular formula is C21H23N7O. The van der Waals surface area contributed by atoms with E-state index in [0.717, 1.165) is 18.5 Å². The molecule has 0 radical (unpaired) electrons. The third-order valence-electron chi connectivity index (χ3n) is 5.77. The predicted octanol–water partition coefficient (Wildman–Crippen LogP) is 2.90. The molecule has 0 unspecified atom stereocenters. The van der Waals surface area contributed by atoms with Crippen molar-refractivity contribution in [1.29, 1.82) is 0 Å². The Bertz CT molecular complexity index is 1050. The van der Waals surface area contributed by atoms with E-state index in [1.54, 1.807) is 41.7 Å². The molecule has 148 valence electrons. The van der Waals surface area contributed by atoms with Gasteiger partial charge in [-0.05, 0) is 38.7 Å². The van der Waals surface area contributed by atoms with Gasteiger partial charge >= 0.3 is 0 Å². The van der Waals surface area contributed by atoms with E-state index >= 15 is 0 Å². The first-order valence-corrected chi connectivity index (χ1v) is 9.93. The molecule has 2 fully saturated rings. The summed E-state index contributed by atoms with van der Waals surface area (Å²) in [5.74, 6) is 0.974. The highest BCUT2D eigenvalue weighted by atomic mass is 16.3. The molecule has 0 spiro atoms. The Labute approximate surface area is 168 Å². The number of piperidine rings is 2. The minimum absolute atomic E-state index is 0.0516. The number of pyridine rings is 1. The van der Waals surface area contributed by atoms with Crippen molar-refractivity contribution in [2.75, 3.05) is 0 Å². The summed E-state index contributed by atoms with van der Waals surface area (Å²) in [6.45, 7) is 2.31. The molecular weight excluding hydrogens is 366 g/mol. The normalized spacial score (nSPS) is 25.3. The number of hydrogen-bond donors (Lipinski definition) is 2. The van der Waals surface area contributed by atoms with Crippen LogP contribution in [0.2, 0.25) is 0 Å². The van der Waals surface area contributed by atoms with Crippen molar-refractivity contribution in [2.45, 2.75) is 50.6 Å². The zero-order chi connectivity index (χ0) is 19.8. The summed E-state index contributed by atoms with van der Waals surface area (Å²) in [5, 5.41) is 22.7. The Balaban J connectivity index is 1.37. The average Bonchev–Trinajstić information content (AvgIpc) is 3.23. The molecule has 2 atom stereocenters. The third-order valence-corrected chi connectivity index (χ3v) is 5.77. The van der Waals surface area contributed by atoms with E-state index in [0.29, 0.717) is 23.2 Å². The Kier molecular flexibility index (Phi) is 4.35. The Morgan fingerprint density at radius 2 is 2.21 bits per heavy atom. The number of aromatic hydroxyl groups is 1. The van der Waals surface area contributed by atoms with Crippen LogP contribution in [0.5, 0.6) is 5.75 Å². The molecule has 0 amide bonds. The van der Waals surface area contributed by atoms with Crippen molar-refractivity contribution in [1.82, 2.24) is 35.0 Å². The van der Waals surface area contributed by atoms with E-state index in [1.807, 2.05) is 0 Å². The van der Waals surface area contributed by atoms with Crippen LogP contribution >= 0.6 is 0 Å². The molecule has 3 aromatic heterocycles. The topological polar surface area (TPSA) is 102 Å². The molecule has 5 rings (SSSR count). The van der Waals surface area contributed by atoms with Gasteiger partial charge in [0.15, 0.2) is 5.82 Å². The molecule has 8 nitrogen and oxygen atoms in total. The van der Waals surface area contributed by atoms with E-state index in [1.165, 1.54) is 24.8 Å². The fourth-order valence-electron chi connectivity index (χ4n) is 4.49. The highest BCUT2D eigenvalue weighted by molar-refractivity contribution is 5.63. The maximum Gasteiger partial charge on any atom is 0.187 e. The number of rotatable bonds is 3. The van der Waals surface area contributed by atoms with Crippen LogP contribution in [0, 0.1) is 0 Å². The van der Waals surface area contributed by atoms with Gasteiger partial charge in [-0.3, -0.25) is 4.57 Å². The lowest BCUT2D eigenvalue weighted by Gasteiger charge is -2.45. The van der Waals surface area contributed by atoms with Gasteiger partial charge in [-0.15, -0.1) is 10.2 Å². The van der Waals surface area contributed by atoms with Crippen LogP contribution in [0.4, 0.5) is 0 Å². The molecule has 29 heavy (non-hydrogen) atoms. The van der Waals surface area contributed by atoms with Crippen molar-refractivity contribution in [3.8, 4) is 23.0 Å². The fourth-order valence-corrected chi connectivity index (χ4v) is 4.49. The second kappa shape index (κ2) is 7.04. The summed E-state index contributed by atoms with van der Waals surface area (Å²) in [4.78, 5) is 12.7. The van der Waals surface area contributed by atoms with Gasteiger partial charge in [0, 0.05) is 36.2 Å².